The van der Waals surface area contributed by atoms with Crippen molar-refractivity contribution in [2.75, 3.05) is 0 Å². The van der Waals surface area contributed by atoms with Crippen molar-refractivity contribution in [2.24, 2.45) is 0 Å². The van der Waals surface area contributed by atoms with Gasteiger partial charge in [0, 0.05) is 24.8 Å². The van der Waals surface area contributed by atoms with Crippen molar-refractivity contribution in [2.45, 2.75) is 0 Å². The van der Waals surface area contributed by atoms with Crippen molar-refractivity contribution < 1.29 is 28.4 Å². The maximum atomic E-state index is 4.19. The molecule has 0 spiro atoms. The van der Waals surface area contributed by atoms with Gasteiger partial charge in [-0.1, -0.05) is 24.3 Å². The molecule has 4 nitrogen and oxygen atoms in total. The van der Waals surface area contributed by atoms with Gasteiger partial charge < -0.3 is 0 Å². The van der Waals surface area contributed by atoms with E-state index in [9.17, 15) is 0 Å². The first-order chi connectivity index (χ1) is 13.9. The van der Waals surface area contributed by atoms with Crippen LogP contribution in [0.5, 0.6) is 0 Å². The molecular weight excluding hydrogens is 583 g/mol. The molecule has 4 aromatic rings. The third-order valence-electron chi connectivity index (χ3n) is 3.18. The van der Waals surface area contributed by atoms with E-state index in [1.165, 1.54) is 0 Å². The SMILES string of the molecule is [Cu][Br].[Cu][Br].c1ccc(-c2ccccn2)nc1.c1ccc(-c2ccccn2)nc1. The van der Waals surface area contributed by atoms with Gasteiger partial charge in [-0.3, -0.25) is 19.9 Å². The van der Waals surface area contributed by atoms with Crippen LogP contribution in [0.4, 0.5) is 0 Å². The van der Waals surface area contributed by atoms with Crippen LogP contribution in [0.3, 0.4) is 0 Å². The van der Waals surface area contributed by atoms with Gasteiger partial charge in [-0.2, -0.15) is 0 Å². The molecule has 0 unspecified atom stereocenters. The molecule has 0 N–H and O–H groups in total. The van der Waals surface area contributed by atoms with Crippen LogP contribution in [0, 0.1) is 0 Å². The third-order valence-corrected chi connectivity index (χ3v) is 3.18. The van der Waals surface area contributed by atoms with Crippen LogP contribution in [-0.4, -0.2) is 19.9 Å². The number of pyridine rings is 4. The number of hydrogen-bond acceptors (Lipinski definition) is 4. The maximum Gasteiger partial charge on any atom is 0.0886 e. The van der Waals surface area contributed by atoms with Crippen LogP contribution in [0.25, 0.3) is 22.8 Å². The van der Waals surface area contributed by atoms with Crippen molar-refractivity contribution in [3.05, 3.63) is 97.6 Å². The molecule has 0 aromatic carbocycles. The molecule has 0 aliphatic carbocycles. The molecule has 28 heavy (non-hydrogen) atoms. The molecule has 0 radical (unpaired) electrons. The van der Waals surface area contributed by atoms with Gasteiger partial charge in [0.25, 0.3) is 0 Å². The fourth-order valence-corrected chi connectivity index (χ4v) is 2.06. The van der Waals surface area contributed by atoms with Crippen molar-refractivity contribution in [3.8, 4) is 22.8 Å². The van der Waals surface area contributed by atoms with Crippen molar-refractivity contribution in [3.63, 3.8) is 0 Å². The standard InChI is InChI=1S/2C10H8N2.2BrH.2Cu/c2*1-3-7-11-9(5-1)10-6-2-4-8-12-10;;;;/h2*1-8H;2*1H;;/q;;;;2*+1/p-2. The Balaban J connectivity index is 0.000000238. The second-order valence-electron chi connectivity index (χ2n) is 4.86. The molecule has 0 bridgehead atoms. The topological polar surface area (TPSA) is 51.6 Å². The predicted octanol–water partition coefficient (Wildman–Crippen LogP) is 5.97. The Bertz CT molecular complexity index is 706. The van der Waals surface area contributed by atoms with Crippen LogP contribution in [0.2, 0.25) is 0 Å². The van der Waals surface area contributed by atoms with E-state index in [0.29, 0.717) is 0 Å². The Morgan fingerprint density at radius 2 is 0.607 bits per heavy atom. The number of halogens is 2. The van der Waals surface area contributed by atoms with Crippen LogP contribution in [0.15, 0.2) is 97.6 Å². The van der Waals surface area contributed by atoms with Gasteiger partial charge in [-0.15, -0.1) is 0 Å². The zero-order valence-corrected chi connectivity index (χ0v) is 19.4. The summed E-state index contributed by atoms with van der Waals surface area (Å²) in [7, 11) is 0. The quantitative estimate of drug-likeness (QED) is 0.267. The average Bonchev–Trinajstić information content (AvgIpc) is 2.84. The fourth-order valence-electron chi connectivity index (χ4n) is 2.06. The first kappa shape index (κ1) is 24.6. The molecule has 0 aliphatic rings. The first-order valence-electron chi connectivity index (χ1n) is 7.81. The largest absolute Gasteiger partial charge is 0.255 e. The van der Waals surface area contributed by atoms with Gasteiger partial charge in [0.05, 0.1) is 22.8 Å². The smallest absolute Gasteiger partial charge is 0.0886 e. The summed E-state index contributed by atoms with van der Waals surface area (Å²) in [5, 5.41) is 0. The van der Waals surface area contributed by atoms with Crippen molar-refractivity contribution >= 4 is 28.2 Å². The van der Waals surface area contributed by atoms with Gasteiger partial charge in [-0.05, 0) is 48.5 Å². The predicted molar refractivity (Wildman–Crippen MR) is 113 cm³/mol. The van der Waals surface area contributed by atoms with Gasteiger partial charge in [0.15, 0.2) is 0 Å². The summed E-state index contributed by atoms with van der Waals surface area (Å²) in [5.74, 6) is 0. The zero-order chi connectivity index (χ0) is 20.5. The van der Waals surface area contributed by atoms with Crippen molar-refractivity contribution in [1.82, 2.24) is 19.9 Å². The van der Waals surface area contributed by atoms with Gasteiger partial charge in [-0.25, -0.2) is 0 Å². The summed E-state index contributed by atoms with van der Waals surface area (Å²) in [4.78, 5) is 16.7. The molecule has 4 aromatic heterocycles. The number of aromatic nitrogens is 4. The van der Waals surface area contributed by atoms with E-state index in [-0.39, 0.29) is 0 Å². The summed E-state index contributed by atoms with van der Waals surface area (Å²) in [6.45, 7) is 0. The number of nitrogens with zero attached hydrogens (tertiary/aromatic N) is 4. The van der Waals surface area contributed by atoms with Crippen molar-refractivity contribution in [1.29, 1.82) is 0 Å². The monoisotopic (exact) mass is 596 g/mol. The first-order valence-corrected chi connectivity index (χ1v) is 12.5. The minimum absolute atomic E-state index is 0.915. The fraction of sp³-hybridized carbons (Fsp3) is 0. The van der Waals surface area contributed by atoms with Crippen LogP contribution in [-0.2, 0) is 28.4 Å². The van der Waals surface area contributed by atoms with Crippen LogP contribution < -0.4 is 0 Å². The molecule has 4 rings (SSSR count). The molecule has 0 amide bonds. The Morgan fingerprint density at radius 3 is 0.750 bits per heavy atom. The van der Waals surface area contributed by atoms with E-state index in [4.69, 9.17) is 0 Å². The van der Waals surface area contributed by atoms with E-state index >= 15 is 0 Å². The molecule has 4 heterocycles. The Kier molecular flexibility index (Phi) is 14.6. The Morgan fingerprint density at radius 1 is 0.393 bits per heavy atom. The van der Waals surface area contributed by atoms with E-state index < -0.39 is 0 Å². The van der Waals surface area contributed by atoms with E-state index in [1.54, 1.807) is 24.8 Å². The molecular formula is C20H16Br2Cu2N4. The third kappa shape index (κ3) is 9.19. The Hall–Kier alpha value is -1.40. The molecule has 8 heteroatoms. The number of rotatable bonds is 2. The second kappa shape index (κ2) is 16.5. The molecule has 0 saturated heterocycles. The zero-order valence-electron chi connectivity index (χ0n) is 14.4. The van der Waals surface area contributed by atoms with Gasteiger partial charge in [0.2, 0.25) is 0 Å². The molecule has 0 atom stereocenters. The normalized spacial score (nSPS) is 8.79. The van der Waals surface area contributed by atoms with E-state index in [2.05, 4.69) is 76.6 Å². The van der Waals surface area contributed by atoms with E-state index in [1.807, 2.05) is 72.8 Å². The van der Waals surface area contributed by atoms with Crippen LogP contribution in [0.1, 0.15) is 0 Å². The molecule has 152 valence electrons. The minimum Gasteiger partial charge on any atom is -0.255 e. The molecule has 0 fully saturated rings. The van der Waals surface area contributed by atoms with Crippen LogP contribution >= 0.6 is 28.2 Å². The van der Waals surface area contributed by atoms with E-state index in [0.717, 1.165) is 22.8 Å². The summed E-state index contributed by atoms with van der Waals surface area (Å²) in [6.07, 6.45) is 7.07. The van der Waals surface area contributed by atoms with Gasteiger partial charge in [0.1, 0.15) is 0 Å². The summed E-state index contributed by atoms with van der Waals surface area (Å²) >= 11 is 13.0. The molecule has 0 saturated carbocycles. The minimum atomic E-state index is 0.915. The maximum absolute atomic E-state index is 4.19. The summed E-state index contributed by atoms with van der Waals surface area (Å²) < 4.78 is 0. The summed E-state index contributed by atoms with van der Waals surface area (Å²) in [5.41, 5.74) is 3.66. The average molecular weight is 599 g/mol. The Labute approximate surface area is 195 Å². The molecule has 0 aliphatic heterocycles. The summed E-state index contributed by atoms with van der Waals surface area (Å²) in [6, 6.07) is 23.2. The van der Waals surface area contributed by atoms with Gasteiger partial charge >= 0.3 is 56.6 Å². The number of hydrogen-bond donors (Lipinski definition) is 0. The second-order valence-corrected chi connectivity index (χ2v) is 4.86.